The molecule has 0 aliphatic heterocycles. The molecule has 2 amide bonds. The standard InChI is InChI=1S/C15H13FN2O3/c16-11-7-4-8-12(9-11)17-15(21)18-13(14(19)20)10-5-2-1-3-6-10/h1-9,13H,(H,19,20)(H2,17,18,21)/t13-/m1/s1. The summed E-state index contributed by atoms with van der Waals surface area (Å²) in [6, 6.07) is 11.7. The van der Waals surface area contributed by atoms with Gasteiger partial charge in [0, 0.05) is 5.69 Å². The van der Waals surface area contributed by atoms with Crippen molar-refractivity contribution in [1.29, 1.82) is 0 Å². The molecule has 108 valence electrons. The van der Waals surface area contributed by atoms with Crippen LogP contribution in [0.4, 0.5) is 14.9 Å². The third-order valence-corrected chi connectivity index (χ3v) is 2.74. The van der Waals surface area contributed by atoms with Gasteiger partial charge in [-0.1, -0.05) is 36.4 Å². The summed E-state index contributed by atoms with van der Waals surface area (Å²) in [4.78, 5) is 23.0. The number of rotatable bonds is 4. The molecule has 0 spiro atoms. The first kappa shape index (κ1) is 14.5. The van der Waals surface area contributed by atoms with Crippen LogP contribution in [-0.4, -0.2) is 17.1 Å². The van der Waals surface area contributed by atoms with Gasteiger partial charge < -0.3 is 15.7 Å². The lowest BCUT2D eigenvalue weighted by Crippen LogP contribution is -2.36. The van der Waals surface area contributed by atoms with E-state index in [-0.39, 0.29) is 5.69 Å². The quantitative estimate of drug-likeness (QED) is 0.809. The van der Waals surface area contributed by atoms with Crippen molar-refractivity contribution >= 4 is 17.7 Å². The largest absolute Gasteiger partial charge is 0.479 e. The monoisotopic (exact) mass is 288 g/mol. The van der Waals surface area contributed by atoms with Gasteiger partial charge in [0.2, 0.25) is 0 Å². The third kappa shape index (κ3) is 4.04. The molecule has 2 aromatic carbocycles. The molecule has 0 bridgehead atoms. The van der Waals surface area contributed by atoms with Gasteiger partial charge in [0.05, 0.1) is 0 Å². The van der Waals surface area contributed by atoms with Crippen LogP contribution in [-0.2, 0) is 4.79 Å². The highest BCUT2D eigenvalue weighted by atomic mass is 19.1. The Morgan fingerprint density at radius 1 is 1.05 bits per heavy atom. The topological polar surface area (TPSA) is 78.4 Å². The average molecular weight is 288 g/mol. The van der Waals surface area contributed by atoms with Crippen LogP contribution in [0.3, 0.4) is 0 Å². The zero-order chi connectivity index (χ0) is 15.2. The van der Waals surface area contributed by atoms with Gasteiger partial charge in [-0.15, -0.1) is 0 Å². The number of carbonyl (C=O) groups is 2. The summed E-state index contributed by atoms with van der Waals surface area (Å²) in [6.45, 7) is 0. The highest BCUT2D eigenvalue weighted by Crippen LogP contribution is 2.14. The highest BCUT2D eigenvalue weighted by Gasteiger charge is 2.21. The maximum Gasteiger partial charge on any atom is 0.330 e. The van der Waals surface area contributed by atoms with Crippen molar-refractivity contribution in [2.24, 2.45) is 0 Å². The van der Waals surface area contributed by atoms with E-state index in [2.05, 4.69) is 10.6 Å². The molecule has 0 fully saturated rings. The van der Waals surface area contributed by atoms with Crippen molar-refractivity contribution in [3.63, 3.8) is 0 Å². The SMILES string of the molecule is O=C(Nc1cccc(F)c1)N[C@@H](C(=O)O)c1ccccc1. The van der Waals surface area contributed by atoms with Gasteiger partial charge in [-0.05, 0) is 23.8 Å². The smallest absolute Gasteiger partial charge is 0.330 e. The summed E-state index contributed by atoms with van der Waals surface area (Å²) in [5.74, 6) is -1.68. The molecule has 0 radical (unpaired) electrons. The van der Waals surface area contributed by atoms with Gasteiger partial charge >= 0.3 is 12.0 Å². The molecule has 0 aromatic heterocycles. The van der Waals surface area contributed by atoms with Crippen molar-refractivity contribution in [3.05, 3.63) is 66.0 Å². The second-order valence-electron chi connectivity index (χ2n) is 4.29. The van der Waals surface area contributed by atoms with Gasteiger partial charge in [0.25, 0.3) is 0 Å². The Balaban J connectivity index is 2.07. The molecule has 5 nitrogen and oxygen atoms in total. The molecule has 1 atom stereocenters. The van der Waals surface area contributed by atoms with Crippen molar-refractivity contribution in [3.8, 4) is 0 Å². The lowest BCUT2D eigenvalue weighted by atomic mass is 10.1. The van der Waals surface area contributed by atoms with Crippen molar-refractivity contribution < 1.29 is 19.1 Å². The average Bonchev–Trinajstić information content (AvgIpc) is 2.45. The molecule has 2 rings (SSSR count). The van der Waals surface area contributed by atoms with E-state index in [9.17, 15) is 19.1 Å². The third-order valence-electron chi connectivity index (χ3n) is 2.74. The second kappa shape index (κ2) is 6.51. The number of nitrogens with one attached hydrogen (secondary N) is 2. The first-order valence-corrected chi connectivity index (χ1v) is 6.17. The minimum absolute atomic E-state index is 0.240. The van der Waals surface area contributed by atoms with Crippen LogP contribution in [0, 0.1) is 5.82 Å². The number of aliphatic carboxylic acids is 1. The van der Waals surface area contributed by atoms with Crippen molar-refractivity contribution in [2.75, 3.05) is 5.32 Å². The van der Waals surface area contributed by atoms with Gasteiger partial charge in [-0.2, -0.15) is 0 Å². The minimum atomic E-state index is -1.18. The fraction of sp³-hybridized carbons (Fsp3) is 0.0667. The van der Waals surface area contributed by atoms with Crippen LogP contribution in [0.25, 0.3) is 0 Å². The summed E-state index contributed by atoms with van der Waals surface area (Å²) < 4.78 is 13.0. The summed E-state index contributed by atoms with van der Waals surface area (Å²) in [7, 11) is 0. The summed E-state index contributed by atoms with van der Waals surface area (Å²) in [6.07, 6.45) is 0. The molecule has 21 heavy (non-hydrogen) atoms. The Morgan fingerprint density at radius 3 is 2.38 bits per heavy atom. The molecule has 0 saturated heterocycles. The number of amides is 2. The van der Waals surface area contributed by atoms with Crippen LogP contribution in [0.2, 0.25) is 0 Å². The maximum atomic E-state index is 13.0. The Labute approximate surface area is 120 Å². The maximum absolute atomic E-state index is 13.0. The Morgan fingerprint density at radius 2 is 1.76 bits per heavy atom. The van der Waals surface area contributed by atoms with E-state index in [1.807, 2.05) is 0 Å². The number of carboxylic acid groups (broad SMARTS) is 1. The van der Waals surface area contributed by atoms with E-state index >= 15 is 0 Å². The fourth-order valence-electron chi connectivity index (χ4n) is 1.80. The zero-order valence-electron chi connectivity index (χ0n) is 10.9. The molecule has 0 saturated carbocycles. The lowest BCUT2D eigenvalue weighted by Gasteiger charge is -2.15. The number of halogens is 1. The molecular weight excluding hydrogens is 275 g/mol. The predicted octanol–water partition coefficient (Wildman–Crippen LogP) is 2.77. The number of carbonyl (C=O) groups excluding carboxylic acids is 1. The van der Waals surface area contributed by atoms with E-state index in [0.717, 1.165) is 6.07 Å². The van der Waals surface area contributed by atoms with Crippen molar-refractivity contribution in [2.45, 2.75) is 6.04 Å². The lowest BCUT2D eigenvalue weighted by molar-refractivity contribution is -0.139. The summed E-state index contributed by atoms with van der Waals surface area (Å²) in [5.41, 5.74) is 0.684. The normalized spacial score (nSPS) is 11.5. The van der Waals surface area contributed by atoms with E-state index in [0.29, 0.717) is 5.56 Å². The summed E-state index contributed by atoms with van der Waals surface area (Å²) in [5, 5.41) is 13.9. The number of anilines is 1. The first-order chi connectivity index (χ1) is 10.1. The molecule has 6 heteroatoms. The molecule has 0 heterocycles. The number of benzene rings is 2. The molecule has 0 unspecified atom stereocenters. The van der Waals surface area contributed by atoms with E-state index in [1.54, 1.807) is 30.3 Å². The summed E-state index contributed by atoms with van der Waals surface area (Å²) >= 11 is 0. The molecule has 2 aromatic rings. The van der Waals surface area contributed by atoms with Crippen LogP contribution >= 0.6 is 0 Å². The van der Waals surface area contributed by atoms with Gasteiger partial charge in [0.15, 0.2) is 6.04 Å². The van der Waals surface area contributed by atoms with Crippen LogP contribution < -0.4 is 10.6 Å². The fourth-order valence-corrected chi connectivity index (χ4v) is 1.80. The second-order valence-corrected chi connectivity index (χ2v) is 4.29. The van der Waals surface area contributed by atoms with Crippen molar-refractivity contribution in [1.82, 2.24) is 5.32 Å². The number of hydrogen-bond donors (Lipinski definition) is 3. The molecule has 0 aliphatic rings. The zero-order valence-corrected chi connectivity index (χ0v) is 10.9. The van der Waals surface area contributed by atoms with E-state index in [4.69, 9.17) is 0 Å². The predicted molar refractivity (Wildman–Crippen MR) is 75.4 cm³/mol. The van der Waals surface area contributed by atoms with Crippen LogP contribution in [0.15, 0.2) is 54.6 Å². The van der Waals surface area contributed by atoms with Gasteiger partial charge in [0.1, 0.15) is 5.82 Å². The van der Waals surface area contributed by atoms with E-state index in [1.165, 1.54) is 18.2 Å². The Kier molecular flexibility index (Phi) is 4.50. The number of hydrogen-bond acceptors (Lipinski definition) is 2. The minimum Gasteiger partial charge on any atom is -0.479 e. The van der Waals surface area contributed by atoms with Gasteiger partial charge in [-0.25, -0.2) is 14.0 Å². The number of urea groups is 1. The van der Waals surface area contributed by atoms with Crippen LogP contribution in [0.1, 0.15) is 11.6 Å². The first-order valence-electron chi connectivity index (χ1n) is 6.17. The number of carboxylic acids is 1. The molecule has 3 N–H and O–H groups in total. The molecular formula is C15H13FN2O3. The highest BCUT2D eigenvalue weighted by molar-refractivity contribution is 5.92. The Bertz CT molecular complexity index is 646. The molecule has 0 aliphatic carbocycles. The Hall–Kier alpha value is -2.89. The van der Waals surface area contributed by atoms with E-state index < -0.39 is 23.9 Å². The van der Waals surface area contributed by atoms with Crippen LogP contribution in [0.5, 0.6) is 0 Å². The van der Waals surface area contributed by atoms with Gasteiger partial charge in [-0.3, -0.25) is 0 Å².